The van der Waals surface area contributed by atoms with Gasteiger partial charge in [-0.1, -0.05) is 133 Å². The van der Waals surface area contributed by atoms with Gasteiger partial charge in [-0.3, -0.25) is 9.59 Å². The van der Waals surface area contributed by atoms with Crippen LogP contribution in [0.15, 0.2) is 79.1 Å². The van der Waals surface area contributed by atoms with Crippen LogP contribution in [0.1, 0.15) is 193 Å². The smallest absolute Gasteiger partial charge is 0.305 e. The van der Waals surface area contributed by atoms with Crippen molar-refractivity contribution in [1.29, 1.82) is 0 Å². The molecule has 0 fully saturated rings. The largest absolute Gasteiger partial charge is 0.494 e. The van der Waals surface area contributed by atoms with Crippen LogP contribution in [0.2, 0.25) is 0 Å². The molecular weight excluding hydrogens is 787 g/mol. The lowest BCUT2D eigenvalue weighted by atomic mass is 10.1. The maximum Gasteiger partial charge on any atom is 0.305 e. The minimum atomic E-state index is -0.141. The second-order valence-electron chi connectivity index (χ2n) is 17.0. The molecule has 0 bridgehead atoms. The molecule has 0 aliphatic rings. The molecule has 0 amide bonds. The highest BCUT2D eigenvalue weighted by molar-refractivity contribution is 5.69. The summed E-state index contributed by atoms with van der Waals surface area (Å²) in [5.74, 6) is 1.76. The second kappa shape index (κ2) is 43.5. The number of esters is 2. The number of rotatable bonds is 44. The van der Waals surface area contributed by atoms with Gasteiger partial charge in [0.25, 0.3) is 0 Å². The van der Waals surface area contributed by atoms with E-state index in [9.17, 15) is 9.59 Å². The first-order valence-electron chi connectivity index (χ1n) is 25.1. The number of hydrogen-bond donors (Lipinski definition) is 0. The van der Waals surface area contributed by atoms with Crippen LogP contribution in [0.3, 0.4) is 0 Å². The van der Waals surface area contributed by atoms with Gasteiger partial charge in [0.15, 0.2) is 0 Å². The molecule has 1 aromatic carbocycles. The van der Waals surface area contributed by atoms with E-state index in [4.69, 9.17) is 23.7 Å². The predicted molar refractivity (Wildman–Crippen MR) is 264 cm³/mol. The van der Waals surface area contributed by atoms with E-state index in [1.54, 1.807) is 0 Å². The predicted octanol–water partition coefficient (Wildman–Crippen LogP) is 14.9. The molecule has 1 aromatic rings. The molecule has 0 spiro atoms. The van der Waals surface area contributed by atoms with E-state index < -0.39 is 0 Å². The highest BCUT2D eigenvalue weighted by Crippen LogP contribution is 2.25. The number of unbranched alkanes of at least 4 members (excludes halogenated alkanes) is 16. The van der Waals surface area contributed by atoms with Gasteiger partial charge in [-0.15, -0.1) is 0 Å². The van der Waals surface area contributed by atoms with Crippen LogP contribution in [0.25, 0.3) is 0 Å². The van der Waals surface area contributed by atoms with Crippen LogP contribution in [0, 0.1) is 0 Å². The summed E-state index contributed by atoms with van der Waals surface area (Å²) in [6.45, 7) is 11.2. The zero-order valence-corrected chi connectivity index (χ0v) is 40.7. The molecule has 358 valence electrons. The first kappa shape index (κ1) is 57.2. The van der Waals surface area contributed by atoms with Crippen molar-refractivity contribution in [1.82, 2.24) is 4.90 Å². The Morgan fingerprint density at radius 1 is 0.492 bits per heavy atom. The monoisotopic (exact) mass is 878 g/mol. The van der Waals surface area contributed by atoms with Crippen LogP contribution in [0.4, 0.5) is 0 Å². The lowest BCUT2D eigenvalue weighted by molar-refractivity contribution is -0.144. The summed E-state index contributed by atoms with van der Waals surface area (Å²) in [5.41, 5.74) is 0.904. The minimum Gasteiger partial charge on any atom is -0.494 e. The first-order valence-corrected chi connectivity index (χ1v) is 25.1. The molecule has 0 N–H and O–H groups in total. The summed E-state index contributed by atoms with van der Waals surface area (Å²) in [6.07, 6.45) is 46.6. The number of nitrogens with zero attached hydrogens (tertiary/aromatic N) is 1. The van der Waals surface area contributed by atoms with Gasteiger partial charge in [-0.25, -0.2) is 0 Å². The third kappa shape index (κ3) is 39.5. The number of carbonyl (C=O) groups excluding carboxylic acids is 2. The second-order valence-corrected chi connectivity index (χ2v) is 17.0. The van der Waals surface area contributed by atoms with Gasteiger partial charge in [0, 0.05) is 44.7 Å². The van der Waals surface area contributed by atoms with Gasteiger partial charge in [0.1, 0.15) is 18.1 Å². The van der Waals surface area contributed by atoms with E-state index in [0.717, 1.165) is 88.5 Å². The zero-order chi connectivity index (χ0) is 45.7. The summed E-state index contributed by atoms with van der Waals surface area (Å²) >= 11 is 0. The van der Waals surface area contributed by atoms with Crippen LogP contribution in [-0.2, 0) is 30.4 Å². The Bertz CT molecular complexity index is 1290. The number of benzene rings is 1. The fourth-order valence-corrected chi connectivity index (χ4v) is 6.66. The van der Waals surface area contributed by atoms with E-state index in [-0.39, 0.29) is 11.9 Å². The summed E-state index contributed by atoms with van der Waals surface area (Å²) in [5, 5.41) is 0. The molecule has 0 saturated heterocycles. The fourth-order valence-electron chi connectivity index (χ4n) is 6.66. The van der Waals surface area contributed by atoms with E-state index in [1.165, 1.54) is 77.0 Å². The van der Waals surface area contributed by atoms with Gasteiger partial charge in [-0.2, -0.15) is 0 Å². The van der Waals surface area contributed by atoms with E-state index in [0.29, 0.717) is 70.2 Å². The van der Waals surface area contributed by atoms with Gasteiger partial charge < -0.3 is 28.6 Å². The van der Waals surface area contributed by atoms with E-state index in [2.05, 4.69) is 73.9 Å². The number of ether oxygens (including phenoxy) is 5. The Hall–Kier alpha value is -3.78. The molecule has 0 unspecified atom stereocenters. The molecule has 63 heavy (non-hydrogen) atoms. The van der Waals surface area contributed by atoms with Crippen LogP contribution in [0.5, 0.6) is 11.5 Å². The molecule has 8 heteroatoms. The molecule has 0 atom stereocenters. The summed E-state index contributed by atoms with van der Waals surface area (Å²) < 4.78 is 29.1. The molecule has 1 rings (SSSR count). The van der Waals surface area contributed by atoms with Gasteiger partial charge >= 0.3 is 11.9 Å². The average Bonchev–Trinajstić information content (AvgIpc) is 3.27. The van der Waals surface area contributed by atoms with Gasteiger partial charge in [0.05, 0.1) is 32.2 Å². The topological polar surface area (TPSA) is 83.5 Å². The van der Waals surface area contributed by atoms with Crippen molar-refractivity contribution < 1.29 is 33.3 Å². The average molecular weight is 878 g/mol. The Balaban J connectivity index is 2.29. The number of hydrogen-bond acceptors (Lipinski definition) is 8. The summed E-state index contributed by atoms with van der Waals surface area (Å²) in [4.78, 5) is 26.7. The van der Waals surface area contributed by atoms with Crippen molar-refractivity contribution in [2.45, 2.75) is 194 Å². The van der Waals surface area contributed by atoms with E-state index in [1.807, 2.05) is 32.3 Å². The lowest BCUT2D eigenvalue weighted by Crippen LogP contribution is -2.14. The Morgan fingerprint density at radius 2 is 0.905 bits per heavy atom. The molecule has 8 nitrogen and oxygen atoms in total. The van der Waals surface area contributed by atoms with Crippen molar-refractivity contribution in [3.05, 3.63) is 84.7 Å². The SMILES string of the molecule is C=C(CCN(C)C)OCc1cc(OCCCOC(=O)CCCCCCC/C=C\C/C=C\CCCCC)cc(OCCCOC(=O)CCCCCCC/C=C/C/C=C\CCCCC)c1. The summed E-state index contributed by atoms with van der Waals surface area (Å²) in [6, 6.07) is 5.74. The molecule has 0 saturated carbocycles. The Kier molecular flexibility index (Phi) is 39.5. The molecular formula is C55H91NO7. The van der Waals surface area contributed by atoms with Crippen molar-refractivity contribution >= 4 is 11.9 Å². The van der Waals surface area contributed by atoms with Gasteiger partial charge in [0.2, 0.25) is 0 Å². The highest BCUT2D eigenvalue weighted by Gasteiger charge is 2.08. The molecule has 0 aliphatic carbocycles. The Morgan fingerprint density at radius 3 is 1.33 bits per heavy atom. The van der Waals surface area contributed by atoms with Crippen LogP contribution < -0.4 is 9.47 Å². The molecule has 0 aliphatic heterocycles. The standard InChI is InChI=1S/C55H91NO7/c1-6-8-10-12-14-16-18-20-22-24-26-28-30-32-34-38-54(57)61-44-36-42-59-52-46-51(49-63-50(3)40-41-56(4)5)47-53(48-52)60-43-37-45-62-55(58)39-35-33-31-29-27-25-23-21-19-17-15-13-11-9-7-2/h14-17,20-23,46-48H,3,6-13,18-19,24-45,49H2,1-2,4-5H3/b16-14-,17-15-,22-20-,23-21+. The molecule has 0 aromatic heterocycles. The molecule has 0 radical (unpaired) electrons. The van der Waals surface area contributed by atoms with Gasteiger partial charge in [-0.05, 0) is 109 Å². The van der Waals surface area contributed by atoms with E-state index >= 15 is 0 Å². The third-order valence-electron chi connectivity index (χ3n) is 10.5. The van der Waals surface area contributed by atoms with Crippen molar-refractivity contribution in [2.75, 3.05) is 47.1 Å². The maximum absolute atomic E-state index is 12.3. The molecule has 0 heterocycles. The fraction of sp³-hybridized carbons (Fsp3) is 0.673. The Labute approximate surface area is 386 Å². The van der Waals surface area contributed by atoms with Crippen molar-refractivity contribution in [2.24, 2.45) is 0 Å². The maximum atomic E-state index is 12.3. The first-order chi connectivity index (χ1) is 30.8. The zero-order valence-electron chi connectivity index (χ0n) is 40.7. The lowest BCUT2D eigenvalue weighted by Gasteiger charge is -2.15. The third-order valence-corrected chi connectivity index (χ3v) is 10.5. The quantitative estimate of drug-likeness (QED) is 0.0277. The normalized spacial score (nSPS) is 11.8. The highest BCUT2D eigenvalue weighted by atomic mass is 16.5. The van der Waals surface area contributed by atoms with Crippen molar-refractivity contribution in [3.8, 4) is 11.5 Å². The van der Waals surface area contributed by atoms with Crippen molar-refractivity contribution in [3.63, 3.8) is 0 Å². The minimum absolute atomic E-state index is 0.141. The summed E-state index contributed by atoms with van der Waals surface area (Å²) in [7, 11) is 4.05. The van der Waals surface area contributed by atoms with Crippen LogP contribution >= 0.6 is 0 Å². The number of carbonyl (C=O) groups is 2. The van der Waals surface area contributed by atoms with Crippen LogP contribution in [-0.4, -0.2) is 63.9 Å². The number of allylic oxidation sites excluding steroid dienone is 8.